The average Bonchev–Trinajstić information content (AvgIpc) is 2.42. The highest BCUT2D eigenvalue weighted by Crippen LogP contribution is 2.15. The summed E-state index contributed by atoms with van der Waals surface area (Å²) in [5.41, 5.74) is 0.159. The van der Waals surface area contributed by atoms with Crippen LogP contribution >= 0.6 is 15.9 Å². The number of aromatic nitrogens is 2. The molecule has 1 heterocycles. The Kier molecular flexibility index (Phi) is 7.29. The molecule has 0 amide bonds. The quantitative estimate of drug-likeness (QED) is 0.623. The van der Waals surface area contributed by atoms with Crippen LogP contribution in [0.1, 0.15) is 6.92 Å². The Morgan fingerprint density at radius 1 is 1.48 bits per heavy atom. The fraction of sp³-hybridized carbons (Fsp3) is 0.636. The van der Waals surface area contributed by atoms with Crippen LogP contribution in [0.5, 0.6) is 0 Å². The lowest BCUT2D eigenvalue weighted by atomic mass is 10.4. The van der Waals surface area contributed by atoms with Crippen LogP contribution in [0.15, 0.2) is 15.5 Å². The molecule has 21 heavy (non-hydrogen) atoms. The summed E-state index contributed by atoms with van der Waals surface area (Å²) in [6, 6.07) is 0. The molecule has 0 spiro atoms. The van der Waals surface area contributed by atoms with Crippen LogP contribution < -0.4 is 15.6 Å². The number of hydrogen-bond donors (Lipinski definition) is 2. The zero-order valence-electron chi connectivity index (χ0n) is 11.9. The maximum atomic E-state index is 12.0. The summed E-state index contributed by atoms with van der Waals surface area (Å²) < 4.78 is 31.8. The van der Waals surface area contributed by atoms with E-state index in [0.29, 0.717) is 29.9 Å². The molecule has 0 unspecified atom stereocenters. The van der Waals surface area contributed by atoms with Crippen molar-refractivity contribution in [2.45, 2.75) is 13.5 Å². The Morgan fingerprint density at radius 2 is 2.19 bits per heavy atom. The minimum Gasteiger partial charge on any atom is -0.383 e. The smallest absolute Gasteiger partial charge is 0.283 e. The first-order valence-electron chi connectivity index (χ1n) is 6.37. The van der Waals surface area contributed by atoms with E-state index in [9.17, 15) is 13.2 Å². The Balaban J connectivity index is 2.69. The van der Waals surface area contributed by atoms with Crippen LogP contribution in [0.2, 0.25) is 0 Å². The molecule has 10 heteroatoms. The molecule has 1 aromatic heterocycles. The zero-order chi connectivity index (χ0) is 15.9. The van der Waals surface area contributed by atoms with E-state index in [0.717, 1.165) is 0 Å². The molecule has 1 rings (SSSR count). The molecule has 0 aliphatic heterocycles. The van der Waals surface area contributed by atoms with Gasteiger partial charge in [-0.1, -0.05) is 6.92 Å². The van der Waals surface area contributed by atoms with Gasteiger partial charge in [0.05, 0.1) is 30.8 Å². The van der Waals surface area contributed by atoms with Crippen molar-refractivity contribution >= 4 is 31.6 Å². The summed E-state index contributed by atoms with van der Waals surface area (Å²) in [5.74, 6) is -0.0833. The van der Waals surface area contributed by atoms with E-state index in [-0.39, 0.29) is 17.9 Å². The average molecular weight is 383 g/mol. The van der Waals surface area contributed by atoms with Gasteiger partial charge in [0.25, 0.3) is 5.56 Å². The van der Waals surface area contributed by atoms with E-state index in [1.165, 1.54) is 10.9 Å². The van der Waals surface area contributed by atoms with E-state index < -0.39 is 10.0 Å². The monoisotopic (exact) mass is 382 g/mol. The van der Waals surface area contributed by atoms with Gasteiger partial charge in [0.1, 0.15) is 4.47 Å². The third-order valence-corrected chi connectivity index (χ3v) is 4.78. The second-order valence-corrected chi connectivity index (χ2v) is 6.86. The third kappa shape index (κ3) is 5.73. The molecule has 1 aromatic rings. The van der Waals surface area contributed by atoms with Gasteiger partial charge in [-0.15, -0.1) is 0 Å². The van der Waals surface area contributed by atoms with Crippen LogP contribution in [0.25, 0.3) is 0 Å². The molecule has 2 N–H and O–H groups in total. The maximum absolute atomic E-state index is 12.0. The molecular weight excluding hydrogens is 364 g/mol. The Morgan fingerprint density at radius 3 is 2.81 bits per heavy atom. The molecule has 0 aliphatic carbocycles. The molecule has 120 valence electrons. The largest absolute Gasteiger partial charge is 0.383 e. The van der Waals surface area contributed by atoms with Crippen molar-refractivity contribution in [1.82, 2.24) is 14.5 Å². The van der Waals surface area contributed by atoms with Crippen LogP contribution in [-0.2, 0) is 21.3 Å². The molecule has 0 bridgehead atoms. The predicted octanol–water partition coefficient (Wildman–Crippen LogP) is 0.00340. The van der Waals surface area contributed by atoms with Crippen molar-refractivity contribution in [1.29, 1.82) is 0 Å². The molecule has 8 nitrogen and oxygen atoms in total. The highest BCUT2D eigenvalue weighted by Gasteiger charge is 2.11. The Bertz CT molecular complexity index is 617. The van der Waals surface area contributed by atoms with Gasteiger partial charge in [-0.25, -0.2) is 17.8 Å². The topological polar surface area (TPSA) is 102 Å². The van der Waals surface area contributed by atoms with E-state index in [1.54, 1.807) is 14.0 Å². The van der Waals surface area contributed by atoms with E-state index in [2.05, 4.69) is 31.1 Å². The predicted molar refractivity (Wildman–Crippen MR) is 84.0 cm³/mol. The SMILES string of the molecule is CCNS(=O)(=O)CCNc1cnn(CCOC)c(=O)c1Br. The van der Waals surface area contributed by atoms with Gasteiger partial charge >= 0.3 is 0 Å². The van der Waals surface area contributed by atoms with Crippen LogP contribution in [0, 0.1) is 0 Å². The lowest BCUT2D eigenvalue weighted by molar-refractivity contribution is 0.181. The highest BCUT2D eigenvalue weighted by molar-refractivity contribution is 9.10. The summed E-state index contributed by atoms with van der Waals surface area (Å²) in [5, 5.41) is 6.87. The molecule has 0 saturated carbocycles. The van der Waals surface area contributed by atoms with E-state index >= 15 is 0 Å². The van der Waals surface area contributed by atoms with Crippen molar-refractivity contribution in [3.8, 4) is 0 Å². The number of nitrogens with one attached hydrogen (secondary N) is 2. The van der Waals surface area contributed by atoms with Crippen molar-refractivity contribution in [3.05, 3.63) is 21.0 Å². The van der Waals surface area contributed by atoms with Gasteiger partial charge in [-0.2, -0.15) is 5.10 Å². The highest BCUT2D eigenvalue weighted by atomic mass is 79.9. The third-order valence-electron chi connectivity index (χ3n) is 2.54. The summed E-state index contributed by atoms with van der Waals surface area (Å²) in [4.78, 5) is 12.0. The van der Waals surface area contributed by atoms with Gasteiger partial charge < -0.3 is 10.1 Å². The van der Waals surface area contributed by atoms with E-state index in [1.807, 2.05) is 0 Å². The van der Waals surface area contributed by atoms with Gasteiger partial charge in [-0.3, -0.25) is 4.79 Å². The van der Waals surface area contributed by atoms with Crippen molar-refractivity contribution in [3.63, 3.8) is 0 Å². The first-order valence-corrected chi connectivity index (χ1v) is 8.81. The number of ether oxygens (including phenoxy) is 1. The molecule has 0 fully saturated rings. The normalized spacial score (nSPS) is 11.6. The van der Waals surface area contributed by atoms with E-state index in [4.69, 9.17) is 4.74 Å². The summed E-state index contributed by atoms with van der Waals surface area (Å²) in [6.07, 6.45) is 1.47. The van der Waals surface area contributed by atoms with Gasteiger partial charge in [0.2, 0.25) is 10.0 Å². The van der Waals surface area contributed by atoms with Gasteiger partial charge in [0, 0.05) is 20.2 Å². The molecule has 0 radical (unpaired) electrons. The number of sulfonamides is 1. The number of rotatable bonds is 9. The number of hydrogen-bond acceptors (Lipinski definition) is 6. The fourth-order valence-corrected chi connectivity index (χ4v) is 2.94. The molecule has 0 aliphatic rings. The van der Waals surface area contributed by atoms with Crippen LogP contribution in [-0.4, -0.2) is 50.8 Å². The van der Waals surface area contributed by atoms with Gasteiger partial charge in [-0.05, 0) is 15.9 Å². The number of nitrogens with zero attached hydrogens (tertiary/aromatic N) is 2. The second-order valence-electron chi connectivity index (χ2n) is 4.14. The first kappa shape index (κ1) is 18.1. The number of methoxy groups -OCH3 is 1. The first-order chi connectivity index (χ1) is 9.91. The standard InChI is InChI=1S/C11H19BrN4O4S/c1-3-15-21(18,19)7-4-13-9-8-14-16(5-6-20-2)11(17)10(9)12/h8,13,15H,3-7H2,1-2H3. The van der Waals surface area contributed by atoms with Crippen LogP contribution in [0.4, 0.5) is 5.69 Å². The minimum absolute atomic E-state index is 0.0833. The molecule has 0 aromatic carbocycles. The Hall–Kier alpha value is -0.970. The number of anilines is 1. The zero-order valence-corrected chi connectivity index (χ0v) is 14.3. The fourth-order valence-electron chi connectivity index (χ4n) is 1.54. The summed E-state index contributed by atoms with van der Waals surface area (Å²) in [6.45, 7) is 2.97. The molecular formula is C11H19BrN4O4S. The number of halogens is 1. The lowest BCUT2D eigenvalue weighted by Gasteiger charge is -2.10. The molecule has 0 saturated heterocycles. The van der Waals surface area contributed by atoms with Crippen molar-refractivity contribution in [2.24, 2.45) is 0 Å². The summed E-state index contributed by atoms with van der Waals surface area (Å²) >= 11 is 3.19. The molecule has 0 atom stereocenters. The van der Waals surface area contributed by atoms with Gasteiger partial charge in [0.15, 0.2) is 0 Å². The van der Waals surface area contributed by atoms with Crippen molar-refractivity contribution in [2.75, 3.05) is 37.9 Å². The Labute approximate surface area is 132 Å². The maximum Gasteiger partial charge on any atom is 0.283 e. The summed E-state index contributed by atoms with van der Waals surface area (Å²) in [7, 11) is -1.75. The lowest BCUT2D eigenvalue weighted by Crippen LogP contribution is -2.30. The minimum atomic E-state index is -3.29. The van der Waals surface area contributed by atoms with Crippen molar-refractivity contribution < 1.29 is 13.2 Å². The second kappa shape index (κ2) is 8.47. The van der Waals surface area contributed by atoms with Crippen LogP contribution in [0.3, 0.4) is 0 Å².